The van der Waals surface area contributed by atoms with Crippen molar-refractivity contribution in [3.63, 3.8) is 0 Å². The average molecular weight is 305 g/mol. The highest BCUT2D eigenvalue weighted by atomic mass is 16.3. The number of aliphatic hydroxyl groups is 1. The third kappa shape index (κ3) is 4.46. The number of hydrogen-bond donors (Lipinski definition) is 3. The summed E-state index contributed by atoms with van der Waals surface area (Å²) in [5.41, 5.74) is 1.19. The largest absolute Gasteiger partial charge is 0.391 e. The smallest absolute Gasteiger partial charge is 0.321 e. The van der Waals surface area contributed by atoms with Crippen LogP contribution in [0.2, 0.25) is 0 Å². The number of rotatable bonds is 3. The molecule has 1 aliphatic heterocycles. The zero-order valence-corrected chi connectivity index (χ0v) is 13.0. The first-order valence-electron chi connectivity index (χ1n) is 7.60. The monoisotopic (exact) mass is 305 g/mol. The maximum absolute atomic E-state index is 12.1. The summed E-state index contributed by atoms with van der Waals surface area (Å²) in [6.07, 6.45) is 1.10. The van der Waals surface area contributed by atoms with Gasteiger partial charge in [0.2, 0.25) is 0 Å². The van der Waals surface area contributed by atoms with E-state index in [2.05, 4.69) is 10.6 Å². The minimum Gasteiger partial charge on any atom is -0.391 e. The van der Waals surface area contributed by atoms with E-state index in [1.54, 1.807) is 29.2 Å². The van der Waals surface area contributed by atoms with Gasteiger partial charge in [0.1, 0.15) is 0 Å². The first-order valence-corrected chi connectivity index (χ1v) is 7.60. The lowest BCUT2D eigenvalue weighted by molar-refractivity contribution is 0.0883. The molecule has 1 atom stereocenters. The Bertz CT molecular complexity index is 528. The first-order chi connectivity index (χ1) is 10.5. The number of benzene rings is 1. The van der Waals surface area contributed by atoms with Crippen molar-refractivity contribution < 1.29 is 14.7 Å². The SMILES string of the molecule is CC(C)NC(=O)c1ccc(NC(=O)N2CCC[C@H](O)C2)cc1. The summed E-state index contributed by atoms with van der Waals surface area (Å²) in [6.45, 7) is 4.82. The van der Waals surface area contributed by atoms with E-state index >= 15 is 0 Å². The van der Waals surface area contributed by atoms with E-state index < -0.39 is 6.10 Å². The quantitative estimate of drug-likeness (QED) is 0.796. The molecule has 3 amide bonds. The Kier molecular flexibility index (Phi) is 5.38. The van der Waals surface area contributed by atoms with Crippen LogP contribution in [0.25, 0.3) is 0 Å². The fraction of sp³-hybridized carbons (Fsp3) is 0.500. The fourth-order valence-electron chi connectivity index (χ4n) is 2.39. The zero-order valence-electron chi connectivity index (χ0n) is 13.0. The van der Waals surface area contributed by atoms with E-state index in [0.717, 1.165) is 12.8 Å². The number of urea groups is 1. The molecule has 0 aliphatic carbocycles. The molecule has 1 aromatic carbocycles. The summed E-state index contributed by atoms with van der Waals surface area (Å²) < 4.78 is 0. The molecule has 0 bridgehead atoms. The van der Waals surface area contributed by atoms with Crippen LogP contribution in [0.15, 0.2) is 24.3 Å². The van der Waals surface area contributed by atoms with Gasteiger partial charge in [-0.25, -0.2) is 4.79 Å². The predicted molar refractivity (Wildman–Crippen MR) is 84.9 cm³/mol. The lowest BCUT2D eigenvalue weighted by Gasteiger charge is -2.30. The molecule has 0 spiro atoms. The molecular formula is C16H23N3O3. The van der Waals surface area contributed by atoms with Crippen LogP contribution >= 0.6 is 0 Å². The van der Waals surface area contributed by atoms with Gasteiger partial charge in [-0.3, -0.25) is 4.79 Å². The van der Waals surface area contributed by atoms with E-state index in [-0.39, 0.29) is 18.0 Å². The summed E-state index contributed by atoms with van der Waals surface area (Å²) in [4.78, 5) is 25.5. The third-order valence-corrected chi connectivity index (χ3v) is 3.50. The minimum atomic E-state index is -0.443. The molecule has 22 heavy (non-hydrogen) atoms. The maximum atomic E-state index is 12.1. The van der Waals surface area contributed by atoms with Gasteiger partial charge in [-0.05, 0) is 51.0 Å². The Morgan fingerprint density at radius 3 is 2.55 bits per heavy atom. The van der Waals surface area contributed by atoms with Gasteiger partial charge < -0.3 is 20.6 Å². The summed E-state index contributed by atoms with van der Waals surface area (Å²) in [5, 5.41) is 15.2. The van der Waals surface area contributed by atoms with Crippen molar-refractivity contribution in [1.29, 1.82) is 0 Å². The van der Waals surface area contributed by atoms with Crippen molar-refractivity contribution in [1.82, 2.24) is 10.2 Å². The number of carbonyl (C=O) groups excluding carboxylic acids is 2. The molecule has 1 fully saturated rings. The number of β-amino-alcohol motifs (C(OH)–C–C–N with tert-alkyl or cyclic N) is 1. The van der Waals surface area contributed by atoms with Crippen LogP contribution in [0.4, 0.5) is 10.5 Å². The van der Waals surface area contributed by atoms with Crippen LogP contribution in [0.5, 0.6) is 0 Å². The molecule has 3 N–H and O–H groups in total. The van der Waals surface area contributed by atoms with Crippen LogP contribution in [0, 0.1) is 0 Å². The van der Waals surface area contributed by atoms with Crippen LogP contribution in [0.1, 0.15) is 37.0 Å². The molecule has 1 aliphatic rings. The van der Waals surface area contributed by atoms with Crippen molar-refractivity contribution in [2.45, 2.75) is 38.8 Å². The van der Waals surface area contributed by atoms with Gasteiger partial charge in [-0.1, -0.05) is 0 Å². The summed E-state index contributed by atoms with van der Waals surface area (Å²) in [5.74, 6) is -0.132. The van der Waals surface area contributed by atoms with E-state index in [9.17, 15) is 14.7 Å². The number of nitrogens with one attached hydrogen (secondary N) is 2. The van der Waals surface area contributed by atoms with E-state index in [0.29, 0.717) is 24.3 Å². The highest BCUT2D eigenvalue weighted by Crippen LogP contribution is 2.14. The second-order valence-corrected chi connectivity index (χ2v) is 5.88. The first kappa shape index (κ1) is 16.3. The Balaban J connectivity index is 1.93. The van der Waals surface area contributed by atoms with Crippen LogP contribution in [-0.4, -0.2) is 47.2 Å². The van der Waals surface area contributed by atoms with Gasteiger partial charge in [-0.15, -0.1) is 0 Å². The summed E-state index contributed by atoms with van der Waals surface area (Å²) >= 11 is 0. The number of anilines is 1. The van der Waals surface area contributed by atoms with Gasteiger partial charge in [0.05, 0.1) is 6.10 Å². The maximum Gasteiger partial charge on any atom is 0.321 e. The zero-order chi connectivity index (χ0) is 16.1. The minimum absolute atomic E-state index is 0.0809. The second kappa shape index (κ2) is 7.26. The molecule has 1 heterocycles. The highest BCUT2D eigenvalue weighted by Gasteiger charge is 2.22. The number of aliphatic hydroxyl groups excluding tert-OH is 1. The van der Waals surface area contributed by atoms with E-state index in [1.165, 1.54) is 0 Å². The van der Waals surface area contributed by atoms with Crippen molar-refractivity contribution in [3.8, 4) is 0 Å². The predicted octanol–water partition coefficient (Wildman–Crippen LogP) is 1.81. The normalized spacial score (nSPS) is 18.2. The Hall–Kier alpha value is -2.08. The molecule has 1 saturated heterocycles. The van der Waals surface area contributed by atoms with Crippen LogP contribution in [-0.2, 0) is 0 Å². The molecule has 0 saturated carbocycles. The van der Waals surface area contributed by atoms with E-state index in [1.807, 2.05) is 13.8 Å². The molecule has 0 radical (unpaired) electrons. The van der Waals surface area contributed by atoms with E-state index in [4.69, 9.17) is 0 Å². The third-order valence-electron chi connectivity index (χ3n) is 3.50. The molecular weight excluding hydrogens is 282 g/mol. The molecule has 2 rings (SSSR count). The number of hydrogen-bond acceptors (Lipinski definition) is 3. The van der Waals surface area contributed by atoms with Crippen molar-refractivity contribution in [2.24, 2.45) is 0 Å². The standard InChI is InChI=1S/C16H23N3O3/c1-11(2)17-15(21)12-5-7-13(8-6-12)18-16(22)19-9-3-4-14(20)10-19/h5-8,11,14,20H,3-4,9-10H2,1-2H3,(H,17,21)(H,18,22)/t14-/m0/s1. The van der Waals surface area contributed by atoms with Gasteiger partial charge in [0.15, 0.2) is 0 Å². The number of likely N-dealkylation sites (tertiary alicyclic amines) is 1. The number of nitrogens with zero attached hydrogens (tertiary/aromatic N) is 1. The Morgan fingerprint density at radius 1 is 1.27 bits per heavy atom. The molecule has 6 nitrogen and oxygen atoms in total. The van der Waals surface area contributed by atoms with Gasteiger partial charge >= 0.3 is 6.03 Å². The van der Waals surface area contributed by atoms with Gasteiger partial charge in [0.25, 0.3) is 5.91 Å². The van der Waals surface area contributed by atoms with Crippen molar-refractivity contribution in [3.05, 3.63) is 29.8 Å². The Labute approximate surface area is 130 Å². The highest BCUT2D eigenvalue weighted by molar-refractivity contribution is 5.95. The summed E-state index contributed by atoms with van der Waals surface area (Å²) in [6, 6.07) is 6.62. The lowest BCUT2D eigenvalue weighted by atomic mass is 10.1. The van der Waals surface area contributed by atoms with Crippen molar-refractivity contribution in [2.75, 3.05) is 18.4 Å². The van der Waals surface area contributed by atoms with Crippen LogP contribution < -0.4 is 10.6 Å². The number of carbonyl (C=O) groups is 2. The number of piperidine rings is 1. The number of amides is 3. The average Bonchev–Trinajstić information content (AvgIpc) is 2.47. The lowest BCUT2D eigenvalue weighted by Crippen LogP contribution is -2.44. The summed E-state index contributed by atoms with van der Waals surface area (Å²) in [7, 11) is 0. The molecule has 120 valence electrons. The second-order valence-electron chi connectivity index (χ2n) is 5.88. The molecule has 0 unspecified atom stereocenters. The molecule has 6 heteroatoms. The molecule has 1 aromatic rings. The van der Waals surface area contributed by atoms with Crippen LogP contribution in [0.3, 0.4) is 0 Å². The van der Waals surface area contributed by atoms with Crippen molar-refractivity contribution >= 4 is 17.6 Å². The Morgan fingerprint density at radius 2 is 1.95 bits per heavy atom. The van der Waals surface area contributed by atoms with Gasteiger partial charge in [0, 0.05) is 30.4 Å². The van der Waals surface area contributed by atoms with Gasteiger partial charge in [-0.2, -0.15) is 0 Å². The fourth-order valence-corrected chi connectivity index (χ4v) is 2.39. The molecule has 0 aromatic heterocycles. The topological polar surface area (TPSA) is 81.7 Å².